The van der Waals surface area contributed by atoms with E-state index < -0.39 is 0 Å². The van der Waals surface area contributed by atoms with Gasteiger partial charge in [-0.2, -0.15) is 0 Å². The Bertz CT molecular complexity index is 679. The molecule has 3 saturated heterocycles. The van der Waals surface area contributed by atoms with E-state index >= 15 is 0 Å². The molecule has 0 bridgehead atoms. The highest BCUT2D eigenvalue weighted by Crippen LogP contribution is 2.34. The highest BCUT2D eigenvalue weighted by Gasteiger charge is 2.43. The second kappa shape index (κ2) is 8.28. The number of benzene rings is 1. The second-order valence-corrected chi connectivity index (χ2v) is 8.68. The molecule has 6 heteroatoms. The summed E-state index contributed by atoms with van der Waals surface area (Å²) in [5, 5.41) is 0. The van der Waals surface area contributed by atoms with Crippen LogP contribution in [-0.4, -0.2) is 87.3 Å². The van der Waals surface area contributed by atoms with Gasteiger partial charge in [-0.1, -0.05) is 12.1 Å². The molecule has 6 nitrogen and oxygen atoms in total. The van der Waals surface area contributed by atoms with Crippen LogP contribution in [0.2, 0.25) is 0 Å². The number of fused-ring (bicyclic) bond motifs is 1. The van der Waals surface area contributed by atoms with Crippen molar-refractivity contribution in [3.8, 4) is 5.75 Å². The third-order valence-corrected chi connectivity index (χ3v) is 6.49. The zero-order valence-electron chi connectivity index (χ0n) is 16.7. The normalized spacial score (nSPS) is 31.6. The van der Waals surface area contributed by atoms with Crippen molar-refractivity contribution in [1.82, 2.24) is 9.80 Å². The molecule has 2 atom stereocenters. The van der Waals surface area contributed by atoms with Crippen molar-refractivity contribution in [2.75, 3.05) is 65.8 Å². The summed E-state index contributed by atoms with van der Waals surface area (Å²) in [6, 6.07) is 6.66. The van der Waals surface area contributed by atoms with Crippen LogP contribution in [0.4, 0.5) is 0 Å². The van der Waals surface area contributed by atoms with Gasteiger partial charge in [0.15, 0.2) is 0 Å². The van der Waals surface area contributed by atoms with E-state index in [0.717, 1.165) is 97.3 Å². The summed E-state index contributed by atoms with van der Waals surface area (Å²) in [4.78, 5) is 5.00. The Hall–Kier alpha value is -1.18. The molecule has 0 N–H and O–H groups in total. The van der Waals surface area contributed by atoms with Gasteiger partial charge in [-0.05, 0) is 30.0 Å². The van der Waals surface area contributed by atoms with Gasteiger partial charge in [0.05, 0.1) is 39.1 Å². The van der Waals surface area contributed by atoms with Gasteiger partial charge < -0.3 is 18.9 Å². The SMILES string of the molecule is c1cc2c(cc1CN1CCOC[C@@]3(CC[C@H](CN4CCOCC4)O3)C1)CCO2. The molecule has 4 aliphatic heterocycles. The average molecular weight is 389 g/mol. The van der Waals surface area contributed by atoms with E-state index in [4.69, 9.17) is 18.9 Å². The van der Waals surface area contributed by atoms with Crippen LogP contribution in [0.25, 0.3) is 0 Å². The Balaban J connectivity index is 1.21. The lowest BCUT2D eigenvalue weighted by atomic mass is 9.99. The number of nitrogens with zero attached hydrogens (tertiary/aromatic N) is 2. The van der Waals surface area contributed by atoms with Crippen LogP contribution in [0, 0.1) is 0 Å². The number of ether oxygens (including phenoxy) is 4. The minimum absolute atomic E-state index is 0.146. The molecule has 1 spiro atoms. The standard InChI is InChI=1S/C22H32N2O4/c1-2-21-19(4-9-27-21)13-18(1)14-24-8-12-26-17-22(16-24)5-3-20(28-22)15-23-6-10-25-11-7-23/h1-2,13,20H,3-12,14-17H2/t20-,22-/m1/s1. The van der Waals surface area contributed by atoms with Gasteiger partial charge in [0.1, 0.15) is 11.4 Å². The van der Waals surface area contributed by atoms with Crippen LogP contribution in [0.5, 0.6) is 5.75 Å². The molecule has 154 valence electrons. The molecule has 1 aromatic carbocycles. The van der Waals surface area contributed by atoms with Crippen LogP contribution >= 0.6 is 0 Å². The minimum Gasteiger partial charge on any atom is -0.493 e. The molecule has 0 radical (unpaired) electrons. The largest absolute Gasteiger partial charge is 0.493 e. The van der Waals surface area contributed by atoms with Gasteiger partial charge in [-0.25, -0.2) is 0 Å². The first-order valence-electron chi connectivity index (χ1n) is 10.8. The number of morpholine rings is 1. The lowest BCUT2D eigenvalue weighted by Crippen LogP contribution is -2.46. The Morgan fingerprint density at radius 1 is 1.00 bits per heavy atom. The summed E-state index contributed by atoms with van der Waals surface area (Å²) < 4.78 is 23.8. The van der Waals surface area contributed by atoms with Crippen molar-refractivity contribution < 1.29 is 18.9 Å². The van der Waals surface area contributed by atoms with Crippen molar-refractivity contribution in [1.29, 1.82) is 0 Å². The molecule has 5 rings (SSSR count). The first-order valence-corrected chi connectivity index (χ1v) is 10.8. The van der Waals surface area contributed by atoms with Gasteiger partial charge in [-0.3, -0.25) is 9.80 Å². The molecule has 4 heterocycles. The van der Waals surface area contributed by atoms with E-state index in [-0.39, 0.29) is 5.60 Å². The molecular weight excluding hydrogens is 356 g/mol. The quantitative estimate of drug-likeness (QED) is 0.782. The zero-order valence-corrected chi connectivity index (χ0v) is 16.7. The average Bonchev–Trinajstić information content (AvgIpc) is 3.27. The van der Waals surface area contributed by atoms with Crippen molar-refractivity contribution in [2.24, 2.45) is 0 Å². The summed E-state index contributed by atoms with van der Waals surface area (Å²) in [7, 11) is 0. The molecule has 0 saturated carbocycles. The lowest BCUT2D eigenvalue weighted by molar-refractivity contribution is -0.0967. The Morgan fingerprint density at radius 3 is 2.79 bits per heavy atom. The fourth-order valence-corrected chi connectivity index (χ4v) is 5.03. The molecular formula is C22H32N2O4. The van der Waals surface area contributed by atoms with E-state index in [1.807, 2.05) is 0 Å². The number of rotatable bonds is 4. The molecule has 1 aromatic rings. The smallest absolute Gasteiger partial charge is 0.122 e. The van der Waals surface area contributed by atoms with Crippen LogP contribution in [0.1, 0.15) is 24.0 Å². The van der Waals surface area contributed by atoms with Crippen molar-refractivity contribution >= 4 is 0 Å². The fraction of sp³-hybridized carbons (Fsp3) is 0.727. The van der Waals surface area contributed by atoms with Crippen molar-refractivity contribution in [3.05, 3.63) is 29.3 Å². The highest BCUT2D eigenvalue weighted by molar-refractivity contribution is 5.39. The maximum atomic E-state index is 6.65. The van der Waals surface area contributed by atoms with Gasteiger partial charge in [-0.15, -0.1) is 0 Å². The van der Waals surface area contributed by atoms with E-state index in [2.05, 4.69) is 28.0 Å². The molecule has 0 aromatic heterocycles. The van der Waals surface area contributed by atoms with E-state index in [1.165, 1.54) is 11.1 Å². The maximum absolute atomic E-state index is 6.65. The lowest BCUT2D eigenvalue weighted by Gasteiger charge is -2.33. The Morgan fingerprint density at radius 2 is 1.86 bits per heavy atom. The third kappa shape index (κ3) is 4.21. The summed E-state index contributed by atoms with van der Waals surface area (Å²) >= 11 is 0. The fourth-order valence-electron chi connectivity index (χ4n) is 5.03. The summed E-state index contributed by atoms with van der Waals surface area (Å²) in [5.74, 6) is 1.06. The van der Waals surface area contributed by atoms with Gasteiger partial charge in [0.25, 0.3) is 0 Å². The zero-order chi connectivity index (χ0) is 18.8. The second-order valence-electron chi connectivity index (χ2n) is 8.68. The molecule has 4 aliphatic rings. The molecule has 28 heavy (non-hydrogen) atoms. The Labute approximate surface area is 167 Å². The summed E-state index contributed by atoms with van der Waals surface area (Å²) in [5.41, 5.74) is 2.57. The minimum atomic E-state index is -0.146. The predicted molar refractivity (Wildman–Crippen MR) is 106 cm³/mol. The monoisotopic (exact) mass is 388 g/mol. The summed E-state index contributed by atoms with van der Waals surface area (Å²) in [6.07, 6.45) is 3.57. The van der Waals surface area contributed by atoms with Crippen molar-refractivity contribution in [2.45, 2.75) is 37.5 Å². The van der Waals surface area contributed by atoms with E-state index in [0.29, 0.717) is 6.10 Å². The molecule has 0 amide bonds. The molecule has 0 aliphatic carbocycles. The molecule has 0 unspecified atom stereocenters. The van der Waals surface area contributed by atoms with E-state index in [1.54, 1.807) is 0 Å². The first kappa shape index (κ1) is 18.8. The Kier molecular flexibility index (Phi) is 5.57. The maximum Gasteiger partial charge on any atom is 0.122 e. The van der Waals surface area contributed by atoms with Crippen LogP contribution < -0.4 is 4.74 Å². The number of hydrogen-bond acceptors (Lipinski definition) is 6. The van der Waals surface area contributed by atoms with Crippen LogP contribution in [0.15, 0.2) is 18.2 Å². The molecule has 3 fully saturated rings. The van der Waals surface area contributed by atoms with Gasteiger partial charge in [0, 0.05) is 45.7 Å². The predicted octanol–water partition coefficient (Wildman–Crippen LogP) is 1.70. The topological polar surface area (TPSA) is 43.4 Å². The van der Waals surface area contributed by atoms with Crippen molar-refractivity contribution in [3.63, 3.8) is 0 Å². The van der Waals surface area contributed by atoms with E-state index in [9.17, 15) is 0 Å². The van der Waals surface area contributed by atoms with Crippen LogP contribution in [-0.2, 0) is 27.2 Å². The third-order valence-electron chi connectivity index (χ3n) is 6.49. The van der Waals surface area contributed by atoms with Crippen LogP contribution in [0.3, 0.4) is 0 Å². The highest BCUT2D eigenvalue weighted by atomic mass is 16.6. The summed E-state index contributed by atoms with van der Waals surface area (Å²) in [6.45, 7) is 9.97. The van der Waals surface area contributed by atoms with Gasteiger partial charge >= 0.3 is 0 Å². The van der Waals surface area contributed by atoms with Gasteiger partial charge in [0.2, 0.25) is 0 Å². The first-order chi connectivity index (χ1) is 13.8. The number of hydrogen-bond donors (Lipinski definition) is 0.